The van der Waals surface area contributed by atoms with E-state index in [-0.39, 0.29) is 0 Å². The molecule has 0 spiro atoms. The molecule has 1 saturated heterocycles. The summed E-state index contributed by atoms with van der Waals surface area (Å²) in [5, 5.41) is 7.45. The van der Waals surface area contributed by atoms with Gasteiger partial charge in [0.05, 0.1) is 25.2 Å². The van der Waals surface area contributed by atoms with E-state index in [4.69, 9.17) is 9.47 Å². The van der Waals surface area contributed by atoms with E-state index in [1.165, 1.54) is 18.6 Å². The first-order valence-electron chi connectivity index (χ1n) is 8.22. The van der Waals surface area contributed by atoms with Crippen LogP contribution in [0.1, 0.15) is 25.3 Å². The number of aliphatic imine (C=N–C) groups is 1. The number of guanidine groups is 1. The number of hydrogen-bond acceptors (Lipinski definition) is 4. The summed E-state index contributed by atoms with van der Waals surface area (Å²) in [6, 6.07) is 3.98. The van der Waals surface area contributed by atoms with Gasteiger partial charge < -0.3 is 20.1 Å². The molecule has 1 fully saturated rings. The molecule has 2 rings (SSSR count). The summed E-state index contributed by atoms with van der Waals surface area (Å²) in [7, 11) is 3.27. The molecular weight excluding hydrogens is 390 g/mol. The molecule has 24 heavy (non-hydrogen) atoms. The van der Waals surface area contributed by atoms with Crippen LogP contribution in [-0.2, 0) is 6.54 Å². The molecule has 0 saturated carbocycles. The van der Waals surface area contributed by atoms with Gasteiger partial charge in [-0.3, -0.25) is 0 Å². The van der Waals surface area contributed by atoms with Crippen LogP contribution in [0.25, 0.3) is 0 Å². The minimum Gasteiger partial charge on any atom is -0.493 e. The van der Waals surface area contributed by atoms with Crippen LogP contribution >= 0.6 is 27.7 Å². The zero-order valence-corrected chi connectivity index (χ0v) is 16.9. The Morgan fingerprint density at radius 1 is 1.33 bits per heavy atom. The van der Waals surface area contributed by atoms with Gasteiger partial charge in [-0.15, -0.1) is 0 Å². The molecule has 0 aromatic heterocycles. The minimum atomic E-state index is 0.575. The van der Waals surface area contributed by atoms with Crippen LogP contribution in [-0.4, -0.2) is 44.3 Å². The molecule has 1 aliphatic rings. The summed E-state index contributed by atoms with van der Waals surface area (Å²) in [6.45, 7) is 4.46. The first kappa shape index (κ1) is 19.2. The summed E-state index contributed by atoms with van der Waals surface area (Å²) < 4.78 is 11.6. The first-order chi connectivity index (χ1) is 11.7. The number of nitrogens with zero attached hydrogens (tertiary/aromatic N) is 1. The van der Waals surface area contributed by atoms with Gasteiger partial charge in [0.1, 0.15) is 0 Å². The smallest absolute Gasteiger partial charge is 0.191 e. The van der Waals surface area contributed by atoms with E-state index in [2.05, 4.69) is 38.5 Å². The van der Waals surface area contributed by atoms with E-state index in [0.717, 1.165) is 29.1 Å². The molecule has 5 nitrogen and oxygen atoms in total. The third-order valence-corrected chi connectivity index (χ3v) is 5.77. The zero-order valence-electron chi connectivity index (χ0n) is 14.5. The van der Waals surface area contributed by atoms with Crippen molar-refractivity contribution in [2.45, 2.75) is 31.6 Å². The second kappa shape index (κ2) is 10.0. The lowest BCUT2D eigenvalue weighted by Gasteiger charge is -2.15. The number of thioether (sulfide) groups is 1. The molecule has 1 aliphatic heterocycles. The van der Waals surface area contributed by atoms with Crippen molar-refractivity contribution in [2.75, 3.05) is 33.1 Å². The van der Waals surface area contributed by atoms with E-state index in [1.54, 1.807) is 14.2 Å². The maximum Gasteiger partial charge on any atom is 0.191 e. The Morgan fingerprint density at radius 2 is 2.17 bits per heavy atom. The average Bonchev–Trinajstić information content (AvgIpc) is 3.10. The third-order valence-electron chi connectivity index (χ3n) is 3.78. The van der Waals surface area contributed by atoms with Gasteiger partial charge in [-0.2, -0.15) is 11.8 Å². The largest absolute Gasteiger partial charge is 0.493 e. The van der Waals surface area contributed by atoms with Crippen molar-refractivity contribution >= 4 is 33.7 Å². The van der Waals surface area contributed by atoms with E-state index in [0.29, 0.717) is 23.3 Å². The van der Waals surface area contributed by atoms with E-state index >= 15 is 0 Å². The standard InChI is InChI=1S/C17H26BrN3O2S/c1-4-19-17(21-11-13-6-5-7-24-13)20-10-12-8-14(18)16(23-3)15(9-12)22-2/h8-9,13H,4-7,10-11H2,1-3H3,(H2,19,20,21). The highest BCUT2D eigenvalue weighted by Crippen LogP contribution is 2.36. The fourth-order valence-corrected chi connectivity index (χ4v) is 4.44. The van der Waals surface area contributed by atoms with Gasteiger partial charge in [0.2, 0.25) is 0 Å². The quantitative estimate of drug-likeness (QED) is 0.527. The van der Waals surface area contributed by atoms with Crippen molar-refractivity contribution in [1.82, 2.24) is 10.6 Å². The van der Waals surface area contributed by atoms with Crippen molar-refractivity contribution in [3.63, 3.8) is 0 Å². The van der Waals surface area contributed by atoms with Gasteiger partial charge in [0.25, 0.3) is 0 Å². The molecule has 134 valence electrons. The molecule has 7 heteroatoms. The number of ether oxygens (including phenoxy) is 2. The highest BCUT2D eigenvalue weighted by molar-refractivity contribution is 9.10. The maximum atomic E-state index is 5.39. The number of benzene rings is 1. The van der Waals surface area contributed by atoms with Crippen LogP contribution in [0.3, 0.4) is 0 Å². The Bertz CT molecular complexity index is 563. The minimum absolute atomic E-state index is 0.575. The Morgan fingerprint density at radius 3 is 2.79 bits per heavy atom. The van der Waals surface area contributed by atoms with Gasteiger partial charge >= 0.3 is 0 Å². The molecule has 1 heterocycles. The van der Waals surface area contributed by atoms with Crippen molar-refractivity contribution in [3.05, 3.63) is 22.2 Å². The maximum absolute atomic E-state index is 5.39. The molecule has 0 radical (unpaired) electrons. The van der Waals surface area contributed by atoms with Crippen LogP contribution in [0, 0.1) is 0 Å². The number of methoxy groups -OCH3 is 2. The van der Waals surface area contributed by atoms with E-state index in [1.807, 2.05) is 23.9 Å². The van der Waals surface area contributed by atoms with Crippen molar-refractivity contribution in [3.8, 4) is 11.5 Å². The Balaban J connectivity index is 2.02. The normalized spacial score (nSPS) is 17.7. The highest BCUT2D eigenvalue weighted by Gasteiger charge is 2.15. The number of hydrogen-bond donors (Lipinski definition) is 2. The predicted molar refractivity (Wildman–Crippen MR) is 106 cm³/mol. The van der Waals surface area contributed by atoms with Gasteiger partial charge in [0.15, 0.2) is 17.5 Å². The van der Waals surface area contributed by atoms with Crippen LogP contribution in [0.15, 0.2) is 21.6 Å². The second-order valence-electron chi connectivity index (χ2n) is 5.52. The van der Waals surface area contributed by atoms with Crippen molar-refractivity contribution in [2.24, 2.45) is 4.99 Å². The fourth-order valence-electron chi connectivity index (χ4n) is 2.59. The molecule has 1 atom stereocenters. The summed E-state index contributed by atoms with van der Waals surface area (Å²) in [5.41, 5.74) is 1.06. The van der Waals surface area contributed by atoms with Gasteiger partial charge in [-0.05, 0) is 59.1 Å². The summed E-state index contributed by atoms with van der Waals surface area (Å²) in [5.74, 6) is 3.54. The van der Waals surface area contributed by atoms with E-state index in [9.17, 15) is 0 Å². The van der Waals surface area contributed by atoms with Crippen molar-refractivity contribution in [1.29, 1.82) is 0 Å². The number of rotatable bonds is 7. The summed E-state index contributed by atoms with van der Waals surface area (Å²) >= 11 is 5.57. The Labute approximate surface area is 157 Å². The van der Waals surface area contributed by atoms with Crippen molar-refractivity contribution < 1.29 is 9.47 Å². The van der Waals surface area contributed by atoms with E-state index < -0.39 is 0 Å². The summed E-state index contributed by atoms with van der Waals surface area (Å²) in [6.07, 6.45) is 2.62. The number of halogens is 1. The third kappa shape index (κ3) is 5.48. The zero-order chi connectivity index (χ0) is 17.4. The van der Waals surface area contributed by atoms with Gasteiger partial charge in [0, 0.05) is 18.3 Å². The van der Waals surface area contributed by atoms with Gasteiger partial charge in [-0.1, -0.05) is 0 Å². The molecule has 2 N–H and O–H groups in total. The lowest BCUT2D eigenvalue weighted by Crippen LogP contribution is -2.40. The summed E-state index contributed by atoms with van der Waals surface area (Å²) in [4.78, 5) is 4.68. The molecule has 1 unspecified atom stereocenters. The highest BCUT2D eigenvalue weighted by atomic mass is 79.9. The topological polar surface area (TPSA) is 54.9 Å². The molecular formula is C17H26BrN3O2S. The monoisotopic (exact) mass is 415 g/mol. The first-order valence-corrected chi connectivity index (χ1v) is 10.1. The SMILES string of the molecule is CCNC(=NCc1cc(Br)c(OC)c(OC)c1)NCC1CCCS1. The van der Waals surface area contributed by atoms with Crippen LogP contribution in [0.2, 0.25) is 0 Å². The molecule has 1 aromatic rings. The Kier molecular flexibility index (Phi) is 8.05. The second-order valence-corrected chi connectivity index (χ2v) is 7.79. The van der Waals surface area contributed by atoms with Crippen LogP contribution in [0.4, 0.5) is 0 Å². The predicted octanol–water partition coefficient (Wildman–Crippen LogP) is 3.42. The van der Waals surface area contributed by atoms with Gasteiger partial charge in [-0.25, -0.2) is 4.99 Å². The van der Waals surface area contributed by atoms with Crippen LogP contribution in [0.5, 0.6) is 11.5 Å². The lowest BCUT2D eigenvalue weighted by atomic mass is 10.2. The average molecular weight is 416 g/mol. The molecule has 1 aromatic carbocycles. The number of nitrogens with one attached hydrogen (secondary N) is 2. The molecule has 0 bridgehead atoms. The molecule has 0 amide bonds. The Hall–Kier alpha value is -1.08. The molecule has 0 aliphatic carbocycles. The fraction of sp³-hybridized carbons (Fsp3) is 0.588. The van der Waals surface area contributed by atoms with Crippen LogP contribution < -0.4 is 20.1 Å². The lowest BCUT2D eigenvalue weighted by molar-refractivity contribution is 0.352.